The molecule has 0 unspecified atom stereocenters. The van der Waals surface area contributed by atoms with Gasteiger partial charge in [0.05, 0.1) is 30.8 Å². The third-order valence-electron chi connectivity index (χ3n) is 6.83. The summed E-state index contributed by atoms with van der Waals surface area (Å²) in [4.78, 5) is 18.7. The summed E-state index contributed by atoms with van der Waals surface area (Å²) in [5.74, 6) is 2.72. The molecule has 0 saturated carbocycles. The van der Waals surface area contributed by atoms with Gasteiger partial charge in [-0.05, 0) is 96.8 Å². The van der Waals surface area contributed by atoms with Crippen LogP contribution < -0.4 is 15.0 Å². The second-order valence-electron chi connectivity index (χ2n) is 10.2. The molecular formula is C32H37N3O3. The predicted molar refractivity (Wildman–Crippen MR) is 156 cm³/mol. The smallest absolute Gasteiger partial charge is 0.282 e. The second-order valence-corrected chi connectivity index (χ2v) is 10.2. The quantitative estimate of drug-likeness (QED) is 0.234. The molecule has 0 radical (unpaired) electrons. The molecule has 6 nitrogen and oxygen atoms in total. The van der Waals surface area contributed by atoms with Crippen molar-refractivity contribution >= 4 is 17.1 Å². The molecule has 1 heterocycles. The normalized spacial score (nSPS) is 11.7. The number of fused-ring (bicyclic) bond motifs is 1. The van der Waals surface area contributed by atoms with Crippen LogP contribution in [0.2, 0.25) is 0 Å². The number of aromatic nitrogens is 2. The molecule has 0 N–H and O–H groups in total. The fraction of sp³-hybridized carbons (Fsp3) is 0.344. The van der Waals surface area contributed by atoms with Crippen molar-refractivity contribution in [2.75, 3.05) is 13.7 Å². The molecule has 0 saturated heterocycles. The summed E-state index contributed by atoms with van der Waals surface area (Å²) < 4.78 is 13.0. The number of rotatable bonds is 8. The lowest BCUT2D eigenvalue weighted by molar-refractivity contribution is 0.335. The first kappa shape index (κ1) is 27.1. The van der Waals surface area contributed by atoms with E-state index in [4.69, 9.17) is 19.6 Å². The molecule has 0 amide bonds. The summed E-state index contributed by atoms with van der Waals surface area (Å²) in [6.07, 6.45) is 1.75. The van der Waals surface area contributed by atoms with Crippen molar-refractivity contribution in [3.8, 4) is 22.9 Å². The number of methoxy groups -OCH3 is 1. The van der Waals surface area contributed by atoms with E-state index in [1.807, 2.05) is 51.1 Å². The lowest BCUT2D eigenvalue weighted by Gasteiger charge is -2.18. The first-order chi connectivity index (χ1) is 18.2. The number of hydrogen-bond acceptors (Lipinski definition) is 5. The summed E-state index contributed by atoms with van der Waals surface area (Å²) in [6.45, 7) is 15.1. The van der Waals surface area contributed by atoms with Gasteiger partial charge in [0.1, 0.15) is 11.5 Å². The van der Waals surface area contributed by atoms with Crippen LogP contribution in [0.5, 0.6) is 11.5 Å². The van der Waals surface area contributed by atoms with E-state index in [1.165, 1.54) is 4.68 Å². The van der Waals surface area contributed by atoms with E-state index >= 15 is 0 Å². The van der Waals surface area contributed by atoms with Crippen molar-refractivity contribution < 1.29 is 9.47 Å². The number of para-hydroxylation sites is 1. The summed E-state index contributed by atoms with van der Waals surface area (Å²) in [7, 11) is 1.68. The molecule has 0 aliphatic carbocycles. The van der Waals surface area contributed by atoms with Crippen molar-refractivity contribution in [1.29, 1.82) is 0 Å². The monoisotopic (exact) mass is 511 g/mol. The maximum atomic E-state index is 13.8. The minimum Gasteiger partial charge on any atom is -0.496 e. The van der Waals surface area contributed by atoms with Gasteiger partial charge in [0.15, 0.2) is 5.82 Å². The molecule has 0 aliphatic heterocycles. The van der Waals surface area contributed by atoms with Gasteiger partial charge in [0, 0.05) is 5.56 Å². The van der Waals surface area contributed by atoms with Crippen LogP contribution in [0, 0.1) is 13.8 Å². The first-order valence-electron chi connectivity index (χ1n) is 13.2. The molecule has 0 bridgehead atoms. The van der Waals surface area contributed by atoms with Gasteiger partial charge in [-0.15, -0.1) is 0 Å². The molecule has 1 aromatic heterocycles. The van der Waals surface area contributed by atoms with Crippen LogP contribution >= 0.6 is 0 Å². The summed E-state index contributed by atoms with van der Waals surface area (Å²) >= 11 is 0. The van der Waals surface area contributed by atoms with Gasteiger partial charge in [-0.1, -0.05) is 39.8 Å². The van der Waals surface area contributed by atoms with Crippen molar-refractivity contribution in [2.24, 2.45) is 5.10 Å². The van der Waals surface area contributed by atoms with Crippen molar-refractivity contribution in [2.45, 2.75) is 60.3 Å². The van der Waals surface area contributed by atoms with Gasteiger partial charge in [-0.3, -0.25) is 4.79 Å². The van der Waals surface area contributed by atoms with Crippen LogP contribution in [-0.2, 0) is 0 Å². The average Bonchev–Trinajstić information content (AvgIpc) is 2.88. The Morgan fingerprint density at radius 2 is 1.61 bits per heavy atom. The lowest BCUT2D eigenvalue weighted by atomic mass is 9.96. The first-order valence-corrected chi connectivity index (χ1v) is 13.2. The SMILES string of the molecule is CCOc1cc(C)c(C=Nn2c(-c3cc(C(C)C)c(OC)cc3C)nc3ccccc3c2=O)cc1C(C)C. The molecule has 4 aromatic rings. The number of nitrogens with zero attached hydrogens (tertiary/aromatic N) is 3. The maximum Gasteiger partial charge on any atom is 0.282 e. The van der Waals surface area contributed by atoms with Crippen molar-refractivity contribution in [1.82, 2.24) is 9.66 Å². The fourth-order valence-corrected chi connectivity index (χ4v) is 4.68. The van der Waals surface area contributed by atoms with E-state index in [-0.39, 0.29) is 17.4 Å². The van der Waals surface area contributed by atoms with Crippen LogP contribution in [-0.4, -0.2) is 29.6 Å². The average molecular weight is 512 g/mol. The van der Waals surface area contributed by atoms with Gasteiger partial charge >= 0.3 is 0 Å². The molecule has 0 aliphatic rings. The Labute approximate surface area is 225 Å². The van der Waals surface area contributed by atoms with Gasteiger partial charge in [0.25, 0.3) is 5.56 Å². The number of ether oxygens (including phenoxy) is 2. The van der Waals surface area contributed by atoms with Crippen molar-refractivity contribution in [3.63, 3.8) is 0 Å². The second kappa shape index (κ2) is 11.2. The van der Waals surface area contributed by atoms with E-state index < -0.39 is 0 Å². The number of hydrogen-bond donors (Lipinski definition) is 0. The Bertz CT molecular complexity index is 1570. The molecule has 38 heavy (non-hydrogen) atoms. The van der Waals surface area contributed by atoms with E-state index in [0.717, 1.165) is 44.9 Å². The Balaban J connectivity index is 1.96. The number of aryl methyl sites for hydroxylation is 2. The zero-order chi connectivity index (χ0) is 27.6. The Hall–Kier alpha value is -3.93. The van der Waals surface area contributed by atoms with Crippen molar-refractivity contribution in [3.05, 3.63) is 86.7 Å². The molecule has 0 atom stereocenters. The van der Waals surface area contributed by atoms with Crippen LogP contribution in [0.25, 0.3) is 22.3 Å². The summed E-state index contributed by atoms with van der Waals surface area (Å²) in [5.41, 5.74) is 6.34. The van der Waals surface area contributed by atoms with E-state index in [0.29, 0.717) is 23.3 Å². The third kappa shape index (κ3) is 5.21. The highest BCUT2D eigenvalue weighted by atomic mass is 16.5. The van der Waals surface area contributed by atoms with Gasteiger partial charge in [-0.25, -0.2) is 4.98 Å². The summed E-state index contributed by atoms with van der Waals surface area (Å²) in [6, 6.07) is 15.6. The lowest BCUT2D eigenvalue weighted by Crippen LogP contribution is -2.21. The van der Waals surface area contributed by atoms with E-state index in [9.17, 15) is 4.79 Å². The van der Waals surface area contributed by atoms with E-state index in [1.54, 1.807) is 19.4 Å². The molecular weight excluding hydrogens is 474 g/mol. The standard InChI is InChI=1S/C32H37N3O3/c1-9-38-30-14-21(6)23(16-25(30)19(2)3)18-33-35-31(34-28-13-11-10-12-24(28)32(35)36)27-17-26(20(4)5)29(37-8)15-22(27)7/h10-20H,9H2,1-8H3. The molecule has 0 fully saturated rings. The third-order valence-corrected chi connectivity index (χ3v) is 6.83. The highest BCUT2D eigenvalue weighted by Crippen LogP contribution is 2.34. The van der Waals surface area contributed by atoms with Crippen LogP contribution in [0.3, 0.4) is 0 Å². The van der Waals surface area contributed by atoms with Gasteiger partial charge < -0.3 is 9.47 Å². The Morgan fingerprint density at radius 1 is 0.947 bits per heavy atom. The van der Waals surface area contributed by atoms with Gasteiger partial charge in [0.2, 0.25) is 0 Å². The Morgan fingerprint density at radius 3 is 2.26 bits per heavy atom. The van der Waals surface area contributed by atoms with E-state index in [2.05, 4.69) is 39.8 Å². The maximum absolute atomic E-state index is 13.8. The van der Waals surface area contributed by atoms with Crippen LogP contribution in [0.1, 0.15) is 74.3 Å². The number of benzene rings is 3. The molecule has 198 valence electrons. The Kier molecular flexibility index (Phi) is 8.00. The molecule has 0 spiro atoms. The van der Waals surface area contributed by atoms with Gasteiger partial charge in [-0.2, -0.15) is 9.78 Å². The largest absolute Gasteiger partial charge is 0.496 e. The fourth-order valence-electron chi connectivity index (χ4n) is 4.68. The zero-order valence-corrected chi connectivity index (χ0v) is 23.6. The van der Waals surface area contributed by atoms with Crippen LogP contribution in [0.4, 0.5) is 0 Å². The summed E-state index contributed by atoms with van der Waals surface area (Å²) in [5, 5.41) is 5.27. The topological polar surface area (TPSA) is 65.7 Å². The highest BCUT2D eigenvalue weighted by molar-refractivity contribution is 5.84. The highest BCUT2D eigenvalue weighted by Gasteiger charge is 2.18. The predicted octanol–water partition coefficient (Wildman–Crippen LogP) is 7.22. The minimum absolute atomic E-state index is 0.212. The minimum atomic E-state index is -0.212. The van der Waals surface area contributed by atoms with Crippen LogP contribution in [0.15, 0.2) is 58.4 Å². The molecule has 3 aromatic carbocycles. The zero-order valence-electron chi connectivity index (χ0n) is 23.6. The molecule has 6 heteroatoms. The molecule has 4 rings (SSSR count).